The third-order valence-corrected chi connectivity index (χ3v) is 3.22. The molecule has 4 nitrogen and oxygen atoms in total. The normalized spacial score (nSPS) is 12.5. The number of benzene rings is 1. The highest BCUT2D eigenvalue weighted by molar-refractivity contribution is 9.09. The number of aromatic hydroxyl groups is 2. The smallest absolute Gasteiger partial charge is 0.251 e. The van der Waals surface area contributed by atoms with Crippen LogP contribution in [0.2, 0.25) is 0 Å². The minimum atomic E-state index is -0.294. The third kappa shape index (κ3) is 3.63. The van der Waals surface area contributed by atoms with Crippen LogP contribution in [-0.2, 0) is 0 Å². The summed E-state index contributed by atoms with van der Waals surface area (Å²) in [5.74, 6) is -0.484. The molecule has 0 bridgehead atoms. The fourth-order valence-electron chi connectivity index (χ4n) is 1.30. The van der Waals surface area contributed by atoms with Crippen LogP contribution in [0.15, 0.2) is 18.2 Å². The molecular formula is C12H16BrNO3. The maximum Gasteiger partial charge on any atom is 0.251 e. The van der Waals surface area contributed by atoms with Gasteiger partial charge in [0.05, 0.1) is 0 Å². The zero-order valence-corrected chi connectivity index (χ0v) is 11.4. The Bertz CT molecular complexity index is 407. The summed E-state index contributed by atoms with van der Waals surface area (Å²) in [4.78, 5) is 11.9. The predicted octanol–water partition coefficient (Wildman–Crippen LogP) is 2.25. The van der Waals surface area contributed by atoms with E-state index in [0.29, 0.717) is 16.8 Å². The topological polar surface area (TPSA) is 69.6 Å². The van der Waals surface area contributed by atoms with Crippen molar-refractivity contribution in [1.82, 2.24) is 5.32 Å². The number of nitrogens with one attached hydrogen (secondary N) is 1. The van der Waals surface area contributed by atoms with Gasteiger partial charge in [0.15, 0.2) is 11.5 Å². The third-order valence-electron chi connectivity index (χ3n) is 2.53. The molecule has 1 amide bonds. The Morgan fingerprint density at radius 3 is 2.47 bits per heavy atom. The monoisotopic (exact) mass is 301 g/mol. The number of phenolic OH excluding ortho intramolecular Hbond substituents is 2. The molecule has 0 saturated carbocycles. The molecule has 0 radical (unpaired) electrons. The highest BCUT2D eigenvalue weighted by atomic mass is 79.9. The second-order valence-electron chi connectivity index (χ2n) is 4.18. The largest absolute Gasteiger partial charge is 0.504 e. The summed E-state index contributed by atoms with van der Waals surface area (Å²) in [5.41, 5.74) is 0.326. The molecule has 1 aromatic rings. The van der Waals surface area contributed by atoms with E-state index in [-0.39, 0.29) is 23.4 Å². The zero-order valence-electron chi connectivity index (χ0n) is 9.77. The van der Waals surface area contributed by atoms with Crippen LogP contribution in [0.3, 0.4) is 0 Å². The predicted molar refractivity (Wildman–Crippen MR) is 69.7 cm³/mol. The molecule has 0 fully saturated rings. The van der Waals surface area contributed by atoms with E-state index in [1.54, 1.807) is 0 Å². The van der Waals surface area contributed by atoms with E-state index in [4.69, 9.17) is 5.11 Å². The minimum Gasteiger partial charge on any atom is -0.504 e. The lowest BCUT2D eigenvalue weighted by molar-refractivity contribution is 0.0931. The first-order valence-electron chi connectivity index (χ1n) is 5.34. The first kappa shape index (κ1) is 13.8. The number of alkyl halides is 1. The molecule has 1 rings (SSSR count). The van der Waals surface area contributed by atoms with E-state index < -0.39 is 0 Å². The van der Waals surface area contributed by atoms with Gasteiger partial charge in [0.1, 0.15) is 0 Å². The van der Waals surface area contributed by atoms with Crippen molar-refractivity contribution >= 4 is 21.8 Å². The van der Waals surface area contributed by atoms with E-state index in [1.807, 2.05) is 13.8 Å². The van der Waals surface area contributed by atoms with E-state index in [2.05, 4.69) is 21.2 Å². The molecule has 1 unspecified atom stereocenters. The zero-order chi connectivity index (χ0) is 13.0. The van der Waals surface area contributed by atoms with Gasteiger partial charge in [0, 0.05) is 16.9 Å². The van der Waals surface area contributed by atoms with Gasteiger partial charge < -0.3 is 15.5 Å². The van der Waals surface area contributed by atoms with Crippen LogP contribution in [-0.4, -0.2) is 27.5 Å². The van der Waals surface area contributed by atoms with Crippen LogP contribution in [0.25, 0.3) is 0 Å². The first-order valence-corrected chi connectivity index (χ1v) is 6.46. The summed E-state index contributed by atoms with van der Waals surface area (Å²) in [6.07, 6.45) is 0. The van der Waals surface area contributed by atoms with Crippen LogP contribution in [0, 0.1) is 5.92 Å². The number of carbonyl (C=O) groups excluding carboxylic acids is 1. The van der Waals surface area contributed by atoms with Gasteiger partial charge in [-0.15, -0.1) is 0 Å². The van der Waals surface area contributed by atoms with Crippen molar-refractivity contribution in [2.75, 3.05) is 5.33 Å². The summed E-state index contributed by atoms with van der Waals surface area (Å²) >= 11 is 3.34. The first-order chi connectivity index (χ1) is 7.95. The minimum absolute atomic E-state index is 0.0263. The summed E-state index contributed by atoms with van der Waals surface area (Å²) in [6.45, 7) is 4.03. The lowest BCUT2D eigenvalue weighted by Crippen LogP contribution is -2.39. The van der Waals surface area contributed by atoms with Gasteiger partial charge in [0.2, 0.25) is 0 Å². The molecule has 5 heteroatoms. The van der Waals surface area contributed by atoms with Crippen LogP contribution in [0.4, 0.5) is 0 Å². The van der Waals surface area contributed by atoms with Crippen molar-refractivity contribution in [2.45, 2.75) is 19.9 Å². The molecule has 0 spiro atoms. The van der Waals surface area contributed by atoms with Crippen LogP contribution in [0.5, 0.6) is 11.5 Å². The quantitative estimate of drug-likeness (QED) is 0.590. The Labute approximate surface area is 109 Å². The number of phenols is 2. The maximum absolute atomic E-state index is 11.9. The Balaban J connectivity index is 2.79. The SMILES string of the molecule is CC(C)C(CBr)NC(=O)c1ccc(O)c(O)c1. The van der Waals surface area contributed by atoms with Gasteiger partial charge in [-0.25, -0.2) is 0 Å². The van der Waals surface area contributed by atoms with Crippen molar-refractivity contribution in [1.29, 1.82) is 0 Å². The Morgan fingerprint density at radius 2 is 2.00 bits per heavy atom. The molecular weight excluding hydrogens is 286 g/mol. The lowest BCUT2D eigenvalue weighted by Gasteiger charge is -2.19. The summed E-state index contributed by atoms with van der Waals surface area (Å²) in [5, 5.41) is 22.0. The Kier molecular flexibility index (Phi) is 4.81. The lowest BCUT2D eigenvalue weighted by atomic mass is 10.1. The maximum atomic E-state index is 11.9. The molecule has 0 aliphatic rings. The molecule has 1 atom stereocenters. The summed E-state index contributed by atoms with van der Waals surface area (Å²) < 4.78 is 0. The van der Waals surface area contributed by atoms with Crippen LogP contribution < -0.4 is 5.32 Å². The standard InChI is InChI=1S/C12H16BrNO3/c1-7(2)9(6-13)14-12(17)8-3-4-10(15)11(16)5-8/h3-5,7,9,15-16H,6H2,1-2H3,(H,14,17). The second-order valence-corrected chi connectivity index (χ2v) is 4.83. The molecule has 0 aliphatic carbocycles. The molecule has 0 saturated heterocycles. The molecule has 3 N–H and O–H groups in total. The van der Waals surface area contributed by atoms with Crippen LogP contribution >= 0.6 is 15.9 Å². The molecule has 94 valence electrons. The van der Waals surface area contributed by atoms with Crippen molar-refractivity contribution < 1.29 is 15.0 Å². The Hall–Kier alpha value is -1.23. The summed E-state index contributed by atoms with van der Waals surface area (Å²) in [7, 11) is 0. The molecule has 0 heterocycles. The summed E-state index contributed by atoms with van der Waals surface area (Å²) in [6, 6.07) is 4.04. The van der Waals surface area contributed by atoms with Crippen molar-refractivity contribution in [3.05, 3.63) is 23.8 Å². The van der Waals surface area contributed by atoms with Gasteiger partial charge >= 0.3 is 0 Å². The second kappa shape index (κ2) is 5.91. The fourth-order valence-corrected chi connectivity index (χ4v) is 2.21. The van der Waals surface area contributed by atoms with E-state index in [0.717, 1.165) is 0 Å². The molecule has 1 aromatic carbocycles. The van der Waals surface area contributed by atoms with Crippen molar-refractivity contribution in [3.63, 3.8) is 0 Å². The number of hydrogen-bond acceptors (Lipinski definition) is 3. The fraction of sp³-hybridized carbons (Fsp3) is 0.417. The number of carbonyl (C=O) groups is 1. The van der Waals surface area contributed by atoms with Crippen molar-refractivity contribution in [3.8, 4) is 11.5 Å². The number of halogens is 1. The number of rotatable bonds is 4. The van der Waals surface area contributed by atoms with Gasteiger partial charge in [-0.1, -0.05) is 29.8 Å². The van der Waals surface area contributed by atoms with E-state index >= 15 is 0 Å². The van der Waals surface area contributed by atoms with Crippen LogP contribution in [0.1, 0.15) is 24.2 Å². The number of hydrogen-bond donors (Lipinski definition) is 3. The van der Waals surface area contributed by atoms with Gasteiger partial charge in [-0.2, -0.15) is 0 Å². The molecule has 0 aliphatic heterocycles. The van der Waals surface area contributed by atoms with E-state index in [1.165, 1.54) is 18.2 Å². The molecule has 0 aromatic heterocycles. The highest BCUT2D eigenvalue weighted by Gasteiger charge is 2.16. The average Bonchev–Trinajstić information content (AvgIpc) is 2.28. The van der Waals surface area contributed by atoms with Crippen molar-refractivity contribution in [2.24, 2.45) is 5.92 Å². The average molecular weight is 302 g/mol. The van der Waals surface area contributed by atoms with E-state index in [9.17, 15) is 9.90 Å². The van der Waals surface area contributed by atoms with Gasteiger partial charge in [-0.3, -0.25) is 4.79 Å². The van der Waals surface area contributed by atoms with Gasteiger partial charge in [-0.05, 0) is 24.1 Å². The van der Waals surface area contributed by atoms with Gasteiger partial charge in [0.25, 0.3) is 5.91 Å². The Morgan fingerprint density at radius 1 is 1.35 bits per heavy atom. The highest BCUT2D eigenvalue weighted by Crippen LogP contribution is 2.24. The number of amides is 1. The molecule has 17 heavy (non-hydrogen) atoms.